The Balaban J connectivity index is 1.36. The van der Waals surface area contributed by atoms with Crippen LogP contribution >= 0.6 is 0 Å². The molecule has 196 valence electrons. The van der Waals surface area contributed by atoms with Crippen LogP contribution in [0.15, 0.2) is 60.9 Å². The quantitative estimate of drug-likeness (QED) is 0.334. The molecule has 38 heavy (non-hydrogen) atoms. The van der Waals surface area contributed by atoms with Crippen molar-refractivity contribution in [3.8, 4) is 17.1 Å². The Morgan fingerprint density at radius 3 is 2.61 bits per heavy atom. The van der Waals surface area contributed by atoms with Gasteiger partial charge >= 0.3 is 6.09 Å². The lowest BCUT2D eigenvalue weighted by Gasteiger charge is -2.29. The number of carbonyl (C=O) groups is 1. The van der Waals surface area contributed by atoms with Crippen molar-refractivity contribution in [2.45, 2.75) is 45.8 Å². The van der Waals surface area contributed by atoms with Crippen molar-refractivity contribution < 1.29 is 18.7 Å². The molecule has 0 radical (unpaired) electrons. The number of aromatic nitrogens is 4. The molecule has 0 aliphatic carbocycles. The molecule has 0 spiro atoms. The monoisotopic (exact) mass is 515 g/mol. The van der Waals surface area contributed by atoms with E-state index in [0.717, 1.165) is 11.1 Å². The lowest BCUT2D eigenvalue weighted by Crippen LogP contribution is -2.39. The maximum atomic E-state index is 15.2. The Bertz CT molecular complexity index is 1490. The number of nitrogens with zero attached hydrogens (tertiary/aromatic N) is 4. The molecule has 8 nitrogen and oxygen atoms in total. The Kier molecular flexibility index (Phi) is 6.84. The SMILES string of the molecule is C[C@@H](Oc1ccc(-c2nc3c(C4=CCN(C(=O)OC(C)(C)C)CC4)ncnc3[nH]2)c(F)c1)c1ccccc1. The van der Waals surface area contributed by atoms with Gasteiger partial charge in [0.05, 0.1) is 11.3 Å². The van der Waals surface area contributed by atoms with Gasteiger partial charge in [-0.05, 0) is 57.4 Å². The second kappa shape index (κ2) is 10.2. The van der Waals surface area contributed by atoms with Gasteiger partial charge in [0, 0.05) is 19.2 Å². The first kappa shape index (κ1) is 25.4. The molecule has 5 rings (SSSR count). The molecule has 1 N–H and O–H groups in total. The highest BCUT2D eigenvalue weighted by Crippen LogP contribution is 2.31. The number of ether oxygens (including phenoxy) is 2. The minimum absolute atomic E-state index is 0.222. The average Bonchev–Trinajstić information content (AvgIpc) is 3.32. The summed E-state index contributed by atoms with van der Waals surface area (Å²) in [5.74, 6) is 0.330. The fourth-order valence-electron chi connectivity index (χ4n) is 4.32. The van der Waals surface area contributed by atoms with E-state index in [0.29, 0.717) is 53.5 Å². The van der Waals surface area contributed by atoms with Gasteiger partial charge in [-0.1, -0.05) is 36.4 Å². The van der Waals surface area contributed by atoms with Gasteiger partial charge < -0.3 is 19.4 Å². The van der Waals surface area contributed by atoms with E-state index in [1.807, 2.05) is 64.1 Å². The second-order valence-corrected chi connectivity index (χ2v) is 10.2. The predicted octanol–water partition coefficient (Wildman–Crippen LogP) is 6.32. The third-order valence-corrected chi connectivity index (χ3v) is 6.23. The number of fused-ring (bicyclic) bond motifs is 1. The first-order valence-corrected chi connectivity index (χ1v) is 12.6. The molecule has 1 aliphatic heterocycles. The number of hydrogen-bond acceptors (Lipinski definition) is 6. The highest BCUT2D eigenvalue weighted by molar-refractivity contribution is 5.87. The van der Waals surface area contributed by atoms with Crippen LogP contribution in [-0.2, 0) is 4.74 Å². The molecule has 3 heterocycles. The van der Waals surface area contributed by atoms with E-state index in [-0.39, 0.29) is 12.2 Å². The zero-order valence-electron chi connectivity index (χ0n) is 21.9. The molecule has 0 unspecified atom stereocenters. The fraction of sp³-hybridized carbons (Fsp3) is 0.310. The Morgan fingerprint density at radius 2 is 1.92 bits per heavy atom. The van der Waals surface area contributed by atoms with E-state index in [1.54, 1.807) is 17.0 Å². The van der Waals surface area contributed by atoms with Crippen LogP contribution in [0.2, 0.25) is 0 Å². The summed E-state index contributed by atoms with van der Waals surface area (Å²) in [4.78, 5) is 30.6. The average molecular weight is 516 g/mol. The molecule has 0 fully saturated rings. The van der Waals surface area contributed by atoms with Gasteiger partial charge in [-0.3, -0.25) is 0 Å². The van der Waals surface area contributed by atoms with Crippen molar-refractivity contribution in [2.75, 3.05) is 13.1 Å². The Labute approximate surface area is 220 Å². The number of halogens is 1. The predicted molar refractivity (Wildman–Crippen MR) is 143 cm³/mol. The number of amides is 1. The summed E-state index contributed by atoms with van der Waals surface area (Å²) in [6, 6.07) is 14.5. The molecule has 2 aromatic heterocycles. The van der Waals surface area contributed by atoms with Crippen molar-refractivity contribution in [1.29, 1.82) is 0 Å². The number of nitrogens with one attached hydrogen (secondary N) is 1. The topological polar surface area (TPSA) is 93.2 Å². The summed E-state index contributed by atoms with van der Waals surface area (Å²) in [7, 11) is 0. The molecule has 1 aliphatic rings. The van der Waals surface area contributed by atoms with Gasteiger partial charge in [-0.2, -0.15) is 0 Å². The molecule has 1 amide bonds. The lowest BCUT2D eigenvalue weighted by atomic mass is 10.0. The summed E-state index contributed by atoms with van der Waals surface area (Å²) in [6.45, 7) is 8.37. The normalized spacial score (nSPS) is 14.8. The molecule has 1 atom stereocenters. The van der Waals surface area contributed by atoms with Crippen LogP contribution in [0.25, 0.3) is 28.1 Å². The van der Waals surface area contributed by atoms with Crippen LogP contribution in [-0.4, -0.2) is 49.6 Å². The van der Waals surface area contributed by atoms with Gasteiger partial charge in [-0.15, -0.1) is 0 Å². The highest BCUT2D eigenvalue weighted by Gasteiger charge is 2.25. The van der Waals surface area contributed by atoms with Gasteiger partial charge in [0.15, 0.2) is 5.65 Å². The van der Waals surface area contributed by atoms with Crippen molar-refractivity contribution >= 4 is 22.8 Å². The van der Waals surface area contributed by atoms with E-state index >= 15 is 4.39 Å². The van der Waals surface area contributed by atoms with E-state index in [2.05, 4.69) is 19.9 Å². The van der Waals surface area contributed by atoms with Crippen LogP contribution < -0.4 is 4.74 Å². The van der Waals surface area contributed by atoms with E-state index in [4.69, 9.17) is 9.47 Å². The van der Waals surface area contributed by atoms with Crippen LogP contribution in [0.3, 0.4) is 0 Å². The second-order valence-electron chi connectivity index (χ2n) is 10.2. The summed E-state index contributed by atoms with van der Waals surface area (Å²) in [5, 5.41) is 0. The summed E-state index contributed by atoms with van der Waals surface area (Å²) >= 11 is 0. The minimum Gasteiger partial charge on any atom is -0.486 e. The number of hydrogen-bond donors (Lipinski definition) is 1. The largest absolute Gasteiger partial charge is 0.486 e. The van der Waals surface area contributed by atoms with E-state index in [9.17, 15) is 4.79 Å². The number of aromatic amines is 1. The van der Waals surface area contributed by atoms with Crippen molar-refractivity contribution in [1.82, 2.24) is 24.8 Å². The Hall–Kier alpha value is -4.27. The van der Waals surface area contributed by atoms with Gasteiger partial charge in [0.1, 0.15) is 40.9 Å². The van der Waals surface area contributed by atoms with Crippen LogP contribution in [0, 0.1) is 5.82 Å². The van der Waals surface area contributed by atoms with Gasteiger partial charge in [0.25, 0.3) is 0 Å². The van der Waals surface area contributed by atoms with Gasteiger partial charge in [0.2, 0.25) is 0 Å². The number of benzene rings is 2. The molecule has 9 heteroatoms. The summed E-state index contributed by atoms with van der Waals surface area (Å²) in [6.07, 6.45) is 3.43. The molecule has 2 aromatic carbocycles. The first-order chi connectivity index (χ1) is 18.2. The Morgan fingerprint density at radius 1 is 1.13 bits per heavy atom. The molecular formula is C29H30FN5O3. The maximum absolute atomic E-state index is 15.2. The molecule has 0 saturated heterocycles. The van der Waals surface area contributed by atoms with E-state index in [1.165, 1.54) is 12.4 Å². The van der Waals surface area contributed by atoms with Crippen molar-refractivity contribution in [2.24, 2.45) is 0 Å². The summed E-state index contributed by atoms with van der Waals surface area (Å²) in [5.41, 5.74) is 3.45. The zero-order valence-corrected chi connectivity index (χ0v) is 21.9. The van der Waals surface area contributed by atoms with Crippen LogP contribution in [0.1, 0.15) is 51.5 Å². The molecule has 0 bridgehead atoms. The maximum Gasteiger partial charge on any atom is 0.410 e. The fourth-order valence-corrected chi connectivity index (χ4v) is 4.32. The number of imidazole rings is 1. The number of carbonyl (C=O) groups excluding carboxylic acids is 1. The number of H-pyrrole nitrogens is 1. The highest BCUT2D eigenvalue weighted by atomic mass is 19.1. The first-order valence-electron chi connectivity index (χ1n) is 12.6. The molecular weight excluding hydrogens is 485 g/mol. The van der Waals surface area contributed by atoms with Crippen LogP contribution in [0.4, 0.5) is 9.18 Å². The van der Waals surface area contributed by atoms with Crippen molar-refractivity contribution in [3.05, 3.63) is 78.0 Å². The third kappa shape index (κ3) is 5.51. The van der Waals surface area contributed by atoms with E-state index < -0.39 is 11.4 Å². The molecule has 0 saturated carbocycles. The molecule has 4 aromatic rings. The minimum atomic E-state index is -0.551. The zero-order chi connectivity index (χ0) is 26.9. The lowest BCUT2D eigenvalue weighted by molar-refractivity contribution is 0.0270. The van der Waals surface area contributed by atoms with Crippen LogP contribution in [0.5, 0.6) is 5.75 Å². The number of rotatable bonds is 5. The standard InChI is InChI=1S/C29H30FN5O3/c1-18(19-8-6-5-7-9-19)37-21-10-11-22(23(30)16-21)26-33-25-24(31-17-32-27(25)34-26)20-12-14-35(15-13-20)28(36)38-29(2,3)4/h5-12,16-18H,13-15H2,1-4H3,(H,31,32,33,34)/t18-/m1/s1. The third-order valence-electron chi connectivity index (χ3n) is 6.23. The summed E-state index contributed by atoms with van der Waals surface area (Å²) < 4.78 is 26.6. The van der Waals surface area contributed by atoms with Crippen molar-refractivity contribution in [3.63, 3.8) is 0 Å². The van der Waals surface area contributed by atoms with Gasteiger partial charge in [-0.25, -0.2) is 24.1 Å². The smallest absolute Gasteiger partial charge is 0.410 e.